The first-order valence-electron chi connectivity index (χ1n) is 4.54. The Bertz CT molecular complexity index is 368. The largest absolute Gasteiger partial charge is 0.473 e. The average Bonchev–Trinajstić information content (AvgIpc) is 2.31. The SMILES string of the molecule is CC(N)(CN)c1ncccn1.O=C(O)C(=O)O. The summed E-state index contributed by atoms with van der Waals surface area (Å²) in [6.07, 6.45) is 3.31. The Morgan fingerprint density at radius 3 is 2.00 bits per heavy atom. The summed E-state index contributed by atoms with van der Waals surface area (Å²) >= 11 is 0. The van der Waals surface area contributed by atoms with Crippen molar-refractivity contribution in [1.82, 2.24) is 9.97 Å². The number of nitrogens with two attached hydrogens (primary N) is 2. The van der Waals surface area contributed by atoms with Gasteiger partial charge in [-0.25, -0.2) is 19.6 Å². The van der Waals surface area contributed by atoms with Crippen molar-refractivity contribution in [2.24, 2.45) is 11.5 Å². The monoisotopic (exact) mass is 242 g/mol. The average molecular weight is 242 g/mol. The van der Waals surface area contributed by atoms with Crippen LogP contribution in [0.3, 0.4) is 0 Å². The minimum absolute atomic E-state index is 0.344. The summed E-state index contributed by atoms with van der Waals surface area (Å²) in [5, 5.41) is 14.8. The third-order valence-corrected chi connectivity index (χ3v) is 1.68. The highest BCUT2D eigenvalue weighted by Gasteiger charge is 2.21. The number of carbonyl (C=O) groups is 2. The molecule has 0 radical (unpaired) electrons. The lowest BCUT2D eigenvalue weighted by atomic mass is 10.0. The first-order chi connectivity index (χ1) is 7.81. The highest BCUT2D eigenvalue weighted by molar-refractivity contribution is 6.27. The lowest BCUT2D eigenvalue weighted by Crippen LogP contribution is -2.42. The van der Waals surface area contributed by atoms with Gasteiger partial charge in [-0.2, -0.15) is 0 Å². The van der Waals surface area contributed by atoms with Crippen LogP contribution in [-0.4, -0.2) is 38.7 Å². The number of aliphatic carboxylic acids is 2. The number of carboxylic acids is 2. The summed E-state index contributed by atoms with van der Waals surface area (Å²) in [7, 11) is 0. The van der Waals surface area contributed by atoms with Gasteiger partial charge in [0.15, 0.2) is 0 Å². The molecule has 1 atom stereocenters. The van der Waals surface area contributed by atoms with Crippen LogP contribution in [0.1, 0.15) is 12.7 Å². The molecule has 6 N–H and O–H groups in total. The van der Waals surface area contributed by atoms with Gasteiger partial charge in [-0.15, -0.1) is 0 Å². The van der Waals surface area contributed by atoms with Gasteiger partial charge in [0.05, 0.1) is 5.54 Å². The maximum Gasteiger partial charge on any atom is 0.414 e. The van der Waals surface area contributed by atoms with Crippen molar-refractivity contribution in [2.75, 3.05) is 6.54 Å². The summed E-state index contributed by atoms with van der Waals surface area (Å²) in [6, 6.07) is 1.75. The molecule has 1 rings (SSSR count). The van der Waals surface area contributed by atoms with Crippen LogP contribution in [0.5, 0.6) is 0 Å². The second kappa shape index (κ2) is 6.51. The Morgan fingerprint density at radius 1 is 1.29 bits per heavy atom. The molecule has 0 aliphatic rings. The zero-order valence-corrected chi connectivity index (χ0v) is 9.20. The molecule has 0 bridgehead atoms. The highest BCUT2D eigenvalue weighted by Crippen LogP contribution is 2.08. The minimum atomic E-state index is -1.82. The molecule has 0 aromatic carbocycles. The van der Waals surface area contributed by atoms with E-state index in [4.69, 9.17) is 31.3 Å². The van der Waals surface area contributed by atoms with E-state index in [2.05, 4.69) is 9.97 Å². The van der Waals surface area contributed by atoms with Gasteiger partial charge in [0.25, 0.3) is 0 Å². The molecule has 0 saturated carbocycles. The normalized spacial score (nSPS) is 12.9. The molecule has 1 heterocycles. The van der Waals surface area contributed by atoms with Crippen molar-refractivity contribution in [3.05, 3.63) is 24.3 Å². The van der Waals surface area contributed by atoms with E-state index in [9.17, 15) is 0 Å². The maximum atomic E-state index is 9.10. The smallest absolute Gasteiger partial charge is 0.414 e. The number of hydrogen-bond acceptors (Lipinski definition) is 6. The molecular weight excluding hydrogens is 228 g/mol. The van der Waals surface area contributed by atoms with Crippen LogP contribution in [0, 0.1) is 0 Å². The summed E-state index contributed by atoms with van der Waals surface area (Å²) in [5.41, 5.74) is 10.6. The summed E-state index contributed by atoms with van der Waals surface area (Å²) in [4.78, 5) is 26.2. The van der Waals surface area contributed by atoms with Crippen molar-refractivity contribution >= 4 is 11.9 Å². The number of nitrogens with zero attached hydrogens (tertiary/aromatic N) is 2. The van der Waals surface area contributed by atoms with E-state index >= 15 is 0 Å². The lowest BCUT2D eigenvalue weighted by molar-refractivity contribution is -0.159. The molecule has 8 heteroatoms. The third kappa shape index (κ3) is 5.54. The van der Waals surface area contributed by atoms with Crippen LogP contribution in [0.4, 0.5) is 0 Å². The van der Waals surface area contributed by atoms with Gasteiger partial charge in [0.2, 0.25) is 0 Å². The molecule has 17 heavy (non-hydrogen) atoms. The van der Waals surface area contributed by atoms with Gasteiger partial charge in [0, 0.05) is 18.9 Å². The summed E-state index contributed by atoms with van der Waals surface area (Å²) < 4.78 is 0. The van der Waals surface area contributed by atoms with Gasteiger partial charge in [-0.05, 0) is 13.0 Å². The summed E-state index contributed by atoms with van der Waals surface area (Å²) in [5.74, 6) is -3.06. The number of carboxylic acid groups (broad SMARTS) is 2. The van der Waals surface area contributed by atoms with E-state index in [-0.39, 0.29) is 0 Å². The molecule has 0 saturated heterocycles. The molecule has 0 amide bonds. The molecule has 0 aliphatic carbocycles. The van der Waals surface area contributed by atoms with Gasteiger partial charge in [0.1, 0.15) is 5.82 Å². The third-order valence-electron chi connectivity index (χ3n) is 1.68. The molecule has 0 aliphatic heterocycles. The van der Waals surface area contributed by atoms with E-state index < -0.39 is 17.5 Å². The maximum absolute atomic E-state index is 9.10. The zero-order chi connectivity index (χ0) is 13.5. The molecule has 1 aromatic rings. The number of hydrogen-bond donors (Lipinski definition) is 4. The van der Waals surface area contributed by atoms with Gasteiger partial charge >= 0.3 is 11.9 Å². The molecule has 1 unspecified atom stereocenters. The predicted octanol–water partition coefficient (Wildman–Crippen LogP) is -1.24. The molecule has 8 nitrogen and oxygen atoms in total. The first kappa shape index (κ1) is 14.9. The Hall–Kier alpha value is -2.06. The van der Waals surface area contributed by atoms with Gasteiger partial charge in [-0.1, -0.05) is 0 Å². The Balaban J connectivity index is 0.000000366. The van der Waals surface area contributed by atoms with Crippen LogP contribution in [0.25, 0.3) is 0 Å². The van der Waals surface area contributed by atoms with Crippen molar-refractivity contribution in [1.29, 1.82) is 0 Å². The van der Waals surface area contributed by atoms with Crippen molar-refractivity contribution < 1.29 is 19.8 Å². The van der Waals surface area contributed by atoms with Crippen molar-refractivity contribution in [3.63, 3.8) is 0 Å². The fourth-order valence-corrected chi connectivity index (χ4v) is 0.685. The molecule has 0 fully saturated rings. The van der Waals surface area contributed by atoms with Crippen LogP contribution in [0.2, 0.25) is 0 Å². The van der Waals surface area contributed by atoms with Crippen LogP contribution < -0.4 is 11.5 Å². The summed E-state index contributed by atoms with van der Waals surface area (Å²) in [6.45, 7) is 2.15. The predicted molar refractivity (Wildman–Crippen MR) is 57.9 cm³/mol. The van der Waals surface area contributed by atoms with Crippen LogP contribution in [-0.2, 0) is 15.1 Å². The molecular formula is C9H14N4O4. The second-order valence-corrected chi connectivity index (χ2v) is 3.30. The lowest BCUT2D eigenvalue weighted by Gasteiger charge is -2.19. The van der Waals surface area contributed by atoms with Crippen molar-refractivity contribution in [2.45, 2.75) is 12.5 Å². The van der Waals surface area contributed by atoms with E-state index in [1.54, 1.807) is 18.5 Å². The van der Waals surface area contributed by atoms with E-state index in [1.807, 2.05) is 6.92 Å². The molecule has 0 spiro atoms. The van der Waals surface area contributed by atoms with Crippen molar-refractivity contribution in [3.8, 4) is 0 Å². The van der Waals surface area contributed by atoms with E-state index in [0.29, 0.717) is 12.4 Å². The van der Waals surface area contributed by atoms with Crippen LogP contribution in [0.15, 0.2) is 18.5 Å². The van der Waals surface area contributed by atoms with Gasteiger partial charge < -0.3 is 21.7 Å². The molecule has 1 aromatic heterocycles. The van der Waals surface area contributed by atoms with Crippen LogP contribution >= 0.6 is 0 Å². The Kier molecular flexibility index (Phi) is 5.72. The van der Waals surface area contributed by atoms with Gasteiger partial charge in [-0.3, -0.25) is 0 Å². The van der Waals surface area contributed by atoms with E-state index in [1.165, 1.54) is 0 Å². The minimum Gasteiger partial charge on any atom is -0.473 e. The fraction of sp³-hybridized carbons (Fsp3) is 0.333. The Morgan fingerprint density at radius 2 is 1.71 bits per heavy atom. The first-order valence-corrected chi connectivity index (χ1v) is 4.54. The quantitative estimate of drug-likeness (QED) is 0.470. The second-order valence-electron chi connectivity index (χ2n) is 3.30. The topological polar surface area (TPSA) is 152 Å². The highest BCUT2D eigenvalue weighted by atomic mass is 16.4. The standard InChI is InChI=1S/C7H12N4.C2H2O4/c1-7(9,5-8)6-10-3-2-4-11-6;3-1(4)2(5)6/h2-4H,5,8-9H2,1H3;(H,3,4)(H,5,6). The molecule has 94 valence electrons. The zero-order valence-electron chi connectivity index (χ0n) is 9.20. The van der Waals surface area contributed by atoms with E-state index in [0.717, 1.165) is 0 Å². The Labute approximate surface area is 97.3 Å². The number of rotatable bonds is 2. The number of aromatic nitrogens is 2. The fourth-order valence-electron chi connectivity index (χ4n) is 0.685.